The molecule has 1 aromatic rings. The molecule has 6 nitrogen and oxygen atoms in total. The molecule has 24 heavy (non-hydrogen) atoms. The number of esters is 1. The third-order valence-corrected chi connectivity index (χ3v) is 6.06. The van der Waals surface area contributed by atoms with Crippen LogP contribution in [0.1, 0.15) is 41.4 Å². The summed E-state index contributed by atoms with van der Waals surface area (Å²) in [5.74, 6) is -2.56. The standard InChI is InChI=1S/C17H21NO5S/c1-3-23-17(22)11-6-8(2)24-15(11)18-14(19)12-9-4-5-10(7-9)13(12)16(20)21/h6,9-10,12-13H,3-5,7H2,1-2H3,(H,18,19)(H,20,21)/t9-,10-,12+,13+/m0/s1. The van der Waals surface area contributed by atoms with E-state index in [1.807, 2.05) is 6.92 Å². The molecule has 2 aliphatic rings. The van der Waals surface area contributed by atoms with Crippen LogP contribution < -0.4 is 5.32 Å². The van der Waals surface area contributed by atoms with E-state index in [4.69, 9.17) is 4.74 Å². The van der Waals surface area contributed by atoms with Crippen LogP contribution in [0.25, 0.3) is 0 Å². The van der Waals surface area contributed by atoms with E-state index in [1.54, 1.807) is 13.0 Å². The van der Waals surface area contributed by atoms with Crippen molar-refractivity contribution in [2.45, 2.75) is 33.1 Å². The number of carboxylic acid groups (broad SMARTS) is 1. The van der Waals surface area contributed by atoms with Crippen LogP contribution in [0, 0.1) is 30.6 Å². The predicted octanol–water partition coefficient (Wildman–Crippen LogP) is 2.92. The van der Waals surface area contributed by atoms with Gasteiger partial charge in [-0.3, -0.25) is 9.59 Å². The number of anilines is 1. The second kappa shape index (κ2) is 6.55. The van der Waals surface area contributed by atoms with E-state index < -0.39 is 23.8 Å². The fraction of sp³-hybridized carbons (Fsp3) is 0.588. The van der Waals surface area contributed by atoms with Gasteiger partial charge in [-0.15, -0.1) is 11.3 Å². The summed E-state index contributed by atoms with van der Waals surface area (Å²) in [5.41, 5.74) is 0.336. The van der Waals surface area contributed by atoms with E-state index in [0.717, 1.165) is 24.1 Å². The molecule has 0 aromatic carbocycles. The number of carboxylic acids is 1. The first-order valence-electron chi connectivity index (χ1n) is 8.23. The molecule has 2 bridgehead atoms. The highest BCUT2D eigenvalue weighted by Crippen LogP contribution is 2.52. The van der Waals surface area contributed by atoms with Crippen LogP contribution in [0.15, 0.2) is 6.07 Å². The summed E-state index contributed by atoms with van der Waals surface area (Å²) in [6.07, 6.45) is 2.60. The van der Waals surface area contributed by atoms with Crippen LogP contribution in [-0.4, -0.2) is 29.6 Å². The summed E-state index contributed by atoms with van der Waals surface area (Å²) in [4.78, 5) is 37.2. The molecule has 1 heterocycles. The summed E-state index contributed by atoms with van der Waals surface area (Å²) < 4.78 is 5.02. The van der Waals surface area contributed by atoms with Crippen LogP contribution in [0.4, 0.5) is 5.00 Å². The quantitative estimate of drug-likeness (QED) is 0.796. The number of amides is 1. The Kier molecular flexibility index (Phi) is 4.62. The zero-order chi connectivity index (χ0) is 17.4. The molecule has 0 aliphatic heterocycles. The Balaban J connectivity index is 1.80. The molecule has 0 radical (unpaired) electrons. The first-order chi connectivity index (χ1) is 11.4. The molecular weight excluding hydrogens is 330 g/mol. The lowest BCUT2D eigenvalue weighted by atomic mass is 9.79. The number of aliphatic carboxylic acids is 1. The molecule has 2 saturated carbocycles. The van der Waals surface area contributed by atoms with Crippen molar-refractivity contribution < 1.29 is 24.2 Å². The molecule has 7 heteroatoms. The maximum Gasteiger partial charge on any atom is 0.341 e. The van der Waals surface area contributed by atoms with E-state index in [-0.39, 0.29) is 24.3 Å². The van der Waals surface area contributed by atoms with Crippen molar-refractivity contribution in [1.82, 2.24) is 0 Å². The lowest BCUT2D eigenvalue weighted by Gasteiger charge is -2.26. The van der Waals surface area contributed by atoms with Crippen LogP contribution in [0.3, 0.4) is 0 Å². The Bertz CT molecular complexity index is 683. The van der Waals surface area contributed by atoms with Gasteiger partial charge in [0.15, 0.2) is 0 Å². The van der Waals surface area contributed by atoms with Gasteiger partial charge in [-0.2, -0.15) is 0 Å². The Morgan fingerprint density at radius 2 is 1.96 bits per heavy atom. The van der Waals surface area contributed by atoms with Gasteiger partial charge in [-0.05, 0) is 51.0 Å². The Morgan fingerprint density at radius 1 is 1.29 bits per heavy atom. The predicted molar refractivity (Wildman–Crippen MR) is 89.1 cm³/mol. The summed E-state index contributed by atoms with van der Waals surface area (Å²) >= 11 is 1.31. The molecule has 3 rings (SSSR count). The minimum Gasteiger partial charge on any atom is -0.481 e. The summed E-state index contributed by atoms with van der Waals surface area (Å²) in [7, 11) is 0. The molecule has 1 aromatic heterocycles. The van der Waals surface area contributed by atoms with E-state index in [0.29, 0.717) is 10.6 Å². The van der Waals surface area contributed by atoms with Gasteiger partial charge < -0.3 is 15.2 Å². The number of ether oxygens (including phenoxy) is 1. The number of carbonyl (C=O) groups excluding carboxylic acids is 2. The highest BCUT2D eigenvalue weighted by Gasteiger charge is 2.54. The van der Waals surface area contributed by atoms with E-state index >= 15 is 0 Å². The second-order valence-electron chi connectivity index (χ2n) is 6.53. The Hall–Kier alpha value is -1.89. The van der Waals surface area contributed by atoms with Gasteiger partial charge in [0, 0.05) is 4.88 Å². The highest BCUT2D eigenvalue weighted by atomic mass is 32.1. The zero-order valence-corrected chi connectivity index (χ0v) is 14.5. The molecule has 0 saturated heterocycles. The van der Waals surface area contributed by atoms with Crippen molar-refractivity contribution in [3.05, 3.63) is 16.5 Å². The van der Waals surface area contributed by atoms with Crippen molar-refractivity contribution in [1.29, 1.82) is 0 Å². The molecule has 2 fully saturated rings. The monoisotopic (exact) mass is 351 g/mol. The Morgan fingerprint density at radius 3 is 2.58 bits per heavy atom. The minimum absolute atomic E-state index is 0.0952. The van der Waals surface area contributed by atoms with Gasteiger partial charge in [-0.25, -0.2) is 4.79 Å². The number of nitrogens with one attached hydrogen (secondary N) is 1. The molecule has 4 atom stereocenters. The lowest BCUT2D eigenvalue weighted by Crippen LogP contribution is -2.37. The topological polar surface area (TPSA) is 92.7 Å². The number of aryl methyl sites for hydroxylation is 1. The van der Waals surface area contributed by atoms with Gasteiger partial charge in [0.05, 0.1) is 24.0 Å². The molecule has 0 spiro atoms. The van der Waals surface area contributed by atoms with Crippen LogP contribution in [0.5, 0.6) is 0 Å². The first-order valence-corrected chi connectivity index (χ1v) is 9.05. The normalized spacial score (nSPS) is 27.9. The number of hydrogen-bond acceptors (Lipinski definition) is 5. The number of rotatable bonds is 5. The second-order valence-corrected chi connectivity index (χ2v) is 7.79. The summed E-state index contributed by atoms with van der Waals surface area (Å²) in [6.45, 7) is 3.83. The first kappa shape index (κ1) is 17.0. The van der Waals surface area contributed by atoms with Crippen molar-refractivity contribution in [3.8, 4) is 0 Å². The molecular formula is C17H21NO5S. The van der Waals surface area contributed by atoms with E-state index in [9.17, 15) is 19.5 Å². The number of hydrogen-bond donors (Lipinski definition) is 2. The SMILES string of the molecule is CCOC(=O)c1cc(C)sc1NC(=O)[C@@H]1[C@H]2CC[C@@H](C2)[C@H]1C(=O)O. The van der Waals surface area contributed by atoms with Gasteiger partial charge in [0.25, 0.3) is 0 Å². The third-order valence-electron chi connectivity index (χ3n) is 5.09. The van der Waals surface area contributed by atoms with Gasteiger partial charge in [0.1, 0.15) is 5.00 Å². The van der Waals surface area contributed by atoms with Crippen LogP contribution in [-0.2, 0) is 14.3 Å². The zero-order valence-electron chi connectivity index (χ0n) is 13.7. The van der Waals surface area contributed by atoms with E-state index in [1.165, 1.54) is 11.3 Å². The molecule has 2 aliphatic carbocycles. The van der Waals surface area contributed by atoms with Crippen LogP contribution >= 0.6 is 11.3 Å². The molecule has 130 valence electrons. The molecule has 2 N–H and O–H groups in total. The summed E-state index contributed by atoms with van der Waals surface area (Å²) in [6, 6.07) is 1.69. The van der Waals surface area contributed by atoms with Crippen molar-refractivity contribution in [3.63, 3.8) is 0 Å². The molecule has 1 amide bonds. The van der Waals surface area contributed by atoms with Crippen molar-refractivity contribution in [2.75, 3.05) is 11.9 Å². The highest BCUT2D eigenvalue weighted by molar-refractivity contribution is 7.16. The Labute approximate surface area is 144 Å². The van der Waals surface area contributed by atoms with Gasteiger partial charge in [0.2, 0.25) is 5.91 Å². The fourth-order valence-corrected chi connectivity index (χ4v) is 5.09. The average molecular weight is 351 g/mol. The number of thiophene rings is 1. The van der Waals surface area contributed by atoms with E-state index in [2.05, 4.69) is 5.32 Å². The van der Waals surface area contributed by atoms with Crippen LogP contribution in [0.2, 0.25) is 0 Å². The largest absolute Gasteiger partial charge is 0.481 e. The maximum absolute atomic E-state index is 12.7. The lowest BCUT2D eigenvalue weighted by molar-refractivity contribution is -0.148. The maximum atomic E-state index is 12.7. The minimum atomic E-state index is -0.893. The average Bonchev–Trinajstić information content (AvgIpc) is 3.20. The number of carbonyl (C=O) groups is 3. The smallest absolute Gasteiger partial charge is 0.341 e. The molecule has 0 unspecified atom stereocenters. The summed E-state index contributed by atoms with van der Waals surface area (Å²) in [5, 5.41) is 12.7. The van der Waals surface area contributed by atoms with Crippen molar-refractivity contribution in [2.24, 2.45) is 23.7 Å². The number of fused-ring (bicyclic) bond motifs is 2. The van der Waals surface area contributed by atoms with Crippen molar-refractivity contribution >= 4 is 34.2 Å². The fourth-order valence-electron chi connectivity index (χ4n) is 4.19. The van der Waals surface area contributed by atoms with Gasteiger partial charge >= 0.3 is 11.9 Å². The third kappa shape index (κ3) is 2.92. The van der Waals surface area contributed by atoms with Gasteiger partial charge in [-0.1, -0.05) is 0 Å².